The van der Waals surface area contributed by atoms with Crippen molar-refractivity contribution in [3.05, 3.63) is 23.5 Å². The molecule has 0 aliphatic heterocycles. The van der Waals surface area contributed by atoms with Crippen LogP contribution in [-0.2, 0) is 10.0 Å². The van der Waals surface area contributed by atoms with Crippen LogP contribution in [0.5, 0.6) is 5.75 Å². The Hall–Kier alpha value is -1.88. The van der Waals surface area contributed by atoms with Crippen molar-refractivity contribution in [3.63, 3.8) is 0 Å². The number of hydrogen-bond donors (Lipinski definition) is 2. The summed E-state index contributed by atoms with van der Waals surface area (Å²) in [5.41, 5.74) is 0.187. The molecule has 1 amide bonds. The summed E-state index contributed by atoms with van der Waals surface area (Å²) in [6.45, 7) is 2.35. The summed E-state index contributed by atoms with van der Waals surface area (Å²) in [6.07, 6.45) is 1.24. The molecule has 1 aromatic rings. The maximum absolute atomic E-state index is 12.2. The molecule has 1 aromatic heterocycles. The van der Waals surface area contributed by atoms with Crippen molar-refractivity contribution in [2.24, 2.45) is 5.73 Å². The largest absolute Gasteiger partial charge is 0.511 e. The molecule has 0 saturated carbocycles. The normalized spacial score (nSPS) is 13.7. The summed E-state index contributed by atoms with van der Waals surface area (Å²) in [5, 5.41) is 0. The smallest absolute Gasteiger partial charge is 0.490 e. The number of aryl methyl sites for hydroxylation is 1. The summed E-state index contributed by atoms with van der Waals surface area (Å²) >= 11 is 0. The zero-order valence-corrected chi connectivity index (χ0v) is 12.5. The maximum Gasteiger partial charge on any atom is 0.511 e. The highest BCUT2D eigenvalue weighted by atomic mass is 32.2. The Morgan fingerprint density at radius 3 is 2.59 bits per heavy atom. The van der Waals surface area contributed by atoms with Crippen molar-refractivity contribution in [2.75, 3.05) is 6.61 Å². The number of carbonyl (C=O) groups excluding carboxylic acids is 1. The molecule has 0 unspecified atom stereocenters. The molecule has 1 atom stereocenters. The van der Waals surface area contributed by atoms with E-state index in [9.17, 15) is 26.4 Å². The number of amides is 1. The lowest BCUT2D eigenvalue weighted by atomic mass is 10.2. The second-order valence-electron chi connectivity index (χ2n) is 4.45. The summed E-state index contributed by atoms with van der Waals surface area (Å²) < 4.78 is 64.9. The minimum Gasteiger partial charge on any atom is -0.490 e. The van der Waals surface area contributed by atoms with Crippen LogP contribution in [-0.4, -0.2) is 37.5 Å². The number of rotatable bonds is 6. The average molecular weight is 341 g/mol. The zero-order chi connectivity index (χ0) is 17.1. The van der Waals surface area contributed by atoms with Crippen LogP contribution >= 0.6 is 0 Å². The fraction of sp³-hybridized carbons (Fsp3) is 0.455. The van der Waals surface area contributed by atoms with Crippen molar-refractivity contribution < 1.29 is 31.1 Å². The topological polar surface area (TPSA) is 111 Å². The van der Waals surface area contributed by atoms with Crippen molar-refractivity contribution in [3.8, 4) is 5.75 Å². The van der Waals surface area contributed by atoms with E-state index in [1.54, 1.807) is 6.92 Å². The van der Waals surface area contributed by atoms with Gasteiger partial charge in [0, 0.05) is 0 Å². The quantitative estimate of drug-likeness (QED) is 0.791. The third kappa shape index (κ3) is 4.56. The van der Waals surface area contributed by atoms with Crippen LogP contribution in [0.1, 0.15) is 23.0 Å². The molecule has 3 N–H and O–H groups in total. The molecular formula is C11H14F3N3O4S. The number of hydrogen-bond acceptors (Lipinski definition) is 5. The summed E-state index contributed by atoms with van der Waals surface area (Å²) in [7, 11) is -5.45. The lowest BCUT2D eigenvalue weighted by molar-refractivity contribution is -0.0451. The molecule has 1 heterocycles. The highest BCUT2D eigenvalue weighted by Crippen LogP contribution is 2.22. The monoisotopic (exact) mass is 341 g/mol. The number of alkyl halides is 3. The van der Waals surface area contributed by atoms with E-state index in [0.717, 1.165) is 0 Å². The van der Waals surface area contributed by atoms with E-state index in [2.05, 4.69) is 4.98 Å². The number of ether oxygens (including phenoxy) is 1. The van der Waals surface area contributed by atoms with Crippen LogP contribution in [0.25, 0.3) is 0 Å². The standard InChI is InChI=1S/C11H14F3N3O4S/c1-6(17-22(19,20)11(12,13)14)5-21-8-3-9(10(15)18)7(2)16-4-8/h3-4,6,17H,5H2,1-2H3,(H2,15,18)/t6-/m0/s1. The minimum atomic E-state index is -5.45. The van der Waals surface area contributed by atoms with Crippen LogP contribution in [0.15, 0.2) is 12.3 Å². The predicted molar refractivity (Wildman–Crippen MR) is 70.6 cm³/mol. The molecule has 0 radical (unpaired) electrons. The molecule has 0 fully saturated rings. The van der Waals surface area contributed by atoms with Gasteiger partial charge in [0.05, 0.1) is 23.5 Å². The van der Waals surface area contributed by atoms with Gasteiger partial charge in [-0.05, 0) is 19.9 Å². The number of nitrogens with one attached hydrogen (secondary N) is 1. The molecule has 1 rings (SSSR count). The fourth-order valence-corrected chi connectivity index (χ4v) is 2.16. The number of carbonyl (C=O) groups is 1. The van der Waals surface area contributed by atoms with E-state index < -0.39 is 34.1 Å². The van der Waals surface area contributed by atoms with Crippen LogP contribution < -0.4 is 15.2 Å². The first kappa shape index (κ1) is 18.2. The molecule has 7 nitrogen and oxygen atoms in total. The summed E-state index contributed by atoms with van der Waals surface area (Å²) in [5.74, 6) is -0.654. The highest BCUT2D eigenvalue weighted by molar-refractivity contribution is 7.90. The van der Waals surface area contributed by atoms with E-state index >= 15 is 0 Å². The van der Waals surface area contributed by atoms with Crippen molar-refractivity contribution >= 4 is 15.9 Å². The van der Waals surface area contributed by atoms with Crippen molar-refractivity contribution in [1.82, 2.24) is 9.71 Å². The Balaban J connectivity index is 2.71. The number of sulfonamides is 1. The molecule has 11 heteroatoms. The Morgan fingerprint density at radius 2 is 2.09 bits per heavy atom. The second-order valence-corrected chi connectivity index (χ2v) is 6.15. The number of nitrogens with zero attached hydrogens (tertiary/aromatic N) is 1. The maximum atomic E-state index is 12.2. The van der Waals surface area contributed by atoms with Gasteiger partial charge in [0.15, 0.2) is 0 Å². The van der Waals surface area contributed by atoms with Gasteiger partial charge in [-0.3, -0.25) is 9.78 Å². The molecule has 0 bridgehead atoms. The van der Waals surface area contributed by atoms with Crippen LogP contribution in [0, 0.1) is 6.92 Å². The van der Waals surface area contributed by atoms with E-state index in [-0.39, 0.29) is 11.3 Å². The van der Waals surface area contributed by atoms with Gasteiger partial charge in [-0.25, -0.2) is 13.1 Å². The molecule has 0 aliphatic rings. The Labute approximate surface area is 124 Å². The minimum absolute atomic E-state index is 0.0810. The van der Waals surface area contributed by atoms with Gasteiger partial charge in [0.1, 0.15) is 12.4 Å². The molecule has 0 spiro atoms. The molecule has 0 aliphatic carbocycles. The van der Waals surface area contributed by atoms with Gasteiger partial charge in [0.25, 0.3) is 5.91 Å². The Bertz CT molecular complexity index is 661. The Kier molecular flexibility index (Phi) is 5.35. The van der Waals surface area contributed by atoms with E-state index in [4.69, 9.17) is 10.5 Å². The van der Waals surface area contributed by atoms with Gasteiger partial charge in [0.2, 0.25) is 0 Å². The van der Waals surface area contributed by atoms with Crippen LogP contribution in [0.3, 0.4) is 0 Å². The predicted octanol–water partition coefficient (Wildman–Crippen LogP) is 0.695. The number of primary amides is 1. The lowest BCUT2D eigenvalue weighted by Gasteiger charge is -2.16. The van der Waals surface area contributed by atoms with Gasteiger partial charge >= 0.3 is 15.5 Å². The van der Waals surface area contributed by atoms with Gasteiger partial charge < -0.3 is 10.5 Å². The number of pyridine rings is 1. The highest BCUT2D eigenvalue weighted by Gasteiger charge is 2.46. The molecule has 0 aromatic carbocycles. The number of nitrogens with two attached hydrogens (primary N) is 1. The SMILES string of the molecule is Cc1ncc(OC[C@H](C)NS(=O)(=O)C(F)(F)F)cc1C(N)=O. The number of aromatic nitrogens is 1. The van der Waals surface area contributed by atoms with E-state index in [0.29, 0.717) is 5.69 Å². The van der Waals surface area contributed by atoms with Crippen molar-refractivity contribution in [2.45, 2.75) is 25.4 Å². The zero-order valence-electron chi connectivity index (χ0n) is 11.6. The van der Waals surface area contributed by atoms with Gasteiger partial charge in [-0.2, -0.15) is 13.2 Å². The molecular weight excluding hydrogens is 327 g/mol. The van der Waals surface area contributed by atoms with Crippen LogP contribution in [0.4, 0.5) is 13.2 Å². The molecule has 22 heavy (non-hydrogen) atoms. The lowest BCUT2D eigenvalue weighted by Crippen LogP contribution is -2.43. The van der Waals surface area contributed by atoms with Crippen LogP contribution in [0.2, 0.25) is 0 Å². The van der Waals surface area contributed by atoms with E-state index in [1.165, 1.54) is 23.9 Å². The molecule has 0 saturated heterocycles. The number of halogens is 3. The molecule has 124 valence electrons. The average Bonchev–Trinajstić information content (AvgIpc) is 2.35. The first-order valence-electron chi connectivity index (χ1n) is 5.92. The first-order chi connectivity index (χ1) is 9.94. The third-order valence-corrected chi connectivity index (χ3v) is 3.81. The van der Waals surface area contributed by atoms with Gasteiger partial charge in [-0.15, -0.1) is 0 Å². The van der Waals surface area contributed by atoms with Gasteiger partial charge in [-0.1, -0.05) is 0 Å². The fourth-order valence-electron chi connectivity index (χ4n) is 1.43. The summed E-state index contributed by atoms with van der Waals surface area (Å²) in [6, 6.07) is 0.125. The summed E-state index contributed by atoms with van der Waals surface area (Å²) in [4.78, 5) is 15.0. The Morgan fingerprint density at radius 1 is 1.50 bits per heavy atom. The second kappa shape index (κ2) is 6.48. The first-order valence-corrected chi connectivity index (χ1v) is 7.40. The van der Waals surface area contributed by atoms with Crippen molar-refractivity contribution in [1.29, 1.82) is 0 Å². The third-order valence-electron chi connectivity index (χ3n) is 2.49. The van der Waals surface area contributed by atoms with E-state index in [1.807, 2.05) is 0 Å².